The van der Waals surface area contributed by atoms with Gasteiger partial charge in [0.1, 0.15) is 5.82 Å². The molecule has 1 amide bonds. The summed E-state index contributed by atoms with van der Waals surface area (Å²) in [6.45, 7) is 6.04. The fourth-order valence-corrected chi connectivity index (χ4v) is 4.64. The summed E-state index contributed by atoms with van der Waals surface area (Å²) in [5, 5.41) is 2.49. The maximum absolute atomic E-state index is 13.6. The number of carbonyl (C=O) groups excluding carboxylic acids is 1. The monoisotopic (exact) mass is 475 g/mol. The Morgan fingerprint density at radius 1 is 1.12 bits per heavy atom. The van der Waals surface area contributed by atoms with Crippen LogP contribution in [0.2, 0.25) is 0 Å². The zero-order valence-electron chi connectivity index (χ0n) is 17.7. The Morgan fingerprint density at radius 2 is 1.78 bits per heavy atom. The number of sulfone groups is 1. The van der Waals surface area contributed by atoms with Gasteiger partial charge >= 0.3 is 0 Å². The van der Waals surface area contributed by atoms with Crippen LogP contribution in [0.25, 0.3) is 0 Å². The number of carbonyl (C=O) groups is 1. The van der Waals surface area contributed by atoms with Crippen molar-refractivity contribution in [3.8, 4) is 0 Å². The van der Waals surface area contributed by atoms with E-state index >= 15 is 0 Å². The molecule has 32 heavy (non-hydrogen) atoms. The lowest BCUT2D eigenvalue weighted by atomic mass is 9.87. The third-order valence-corrected chi connectivity index (χ3v) is 7.20. The molecule has 0 aliphatic heterocycles. The first-order valence-electron chi connectivity index (χ1n) is 9.60. The Kier molecular flexibility index (Phi) is 6.85. The fraction of sp³-hybridized carbons (Fsp3) is 0.227. The van der Waals surface area contributed by atoms with E-state index in [2.05, 4.69) is 15.3 Å². The van der Waals surface area contributed by atoms with E-state index in [-0.39, 0.29) is 26.9 Å². The van der Waals surface area contributed by atoms with Crippen molar-refractivity contribution in [2.45, 2.75) is 41.1 Å². The largest absolute Gasteiger partial charge is 0.323 e. The van der Waals surface area contributed by atoms with Crippen LogP contribution in [0.1, 0.15) is 26.3 Å². The molecule has 2 N–H and O–H groups in total. The molecule has 0 saturated heterocycles. The molecule has 7 nitrogen and oxygen atoms in total. The molecule has 0 aliphatic rings. The summed E-state index contributed by atoms with van der Waals surface area (Å²) in [6.07, 6.45) is 0.975. The van der Waals surface area contributed by atoms with E-state index in [0.717, 1.165) is 23.5 Å². The van der Waals surface area contributed by atoms with Crippen molar-refractivity contribution in [2.75, 3.05) is 11.1 Å². The molecule has 3 rings (SSSR count). The lowest BCUT2D eigenvalue weighted by molar-refractivity contribution is -0.113. The van der Waals surface area contributed by atoms with Crippen LogP contribution in [0.15, 0.2) is 74.5 Å². The Bertz CT molecular complexity index is 1300. The molecule has 0 fully saturated rings. The Morgan fingerprint density at radius 3 is 2.38 bits per heavy atom. The molecule has 0 aliphatic carbocycles. The molecule has 0 spiro atoms. The summed E-state index contributed by atoms with van der Waals surface area (Å²) < 4.78 is 39.3. The van der Waals surface area contributed by atoms with Gasteiger partial charge in [0.25, 0.3) is 5.56 Å². The molecule has 2 aromatic carbocycles. The number of H-pyrrole nitrogens is 1. The standard InChI is InChI=1S/C22H22FN3O4S2/c1-22(2,3)14-8-10-15(11-9-14)32(29,30)18-12-24-21(26-20(18)28)31-13-19(27)25-17-7-5-4-6-16(17)23/h4-12H,13H2,1-3H3,(H,25,27)(H,24,26,28). The number of nitrogens with zero attached hydrogens (tertiary/aromatic N) is 1. The molecular formula is C22H22FN3O4S2. The van der Waals surface area contributed by atoms with Gasteiger partial charge in [-0.1, -0.05) is 56.8 Å². The zero-order chi connectivity index (χ0) is 23.5. The first kappa shape index (κ1) is 23.7. The van der Waals surface area contributed by atoms with Gasteiger partial charge < -0.3 is 10.3 Å². The summed E-state index contributed by atoms with van der Waals surface area (Å²) >= 11 is 0.892. The van der Waals surface area contributed by atoms with E-state index in [1.165, 1.54) is 30.3 Å². The molecule has 1 aromatic heterocycles. The van der Waals surface area contributed by atoms with Crippen molar-refractivity contribution < 1.29 is 17.6 Å². The number of anilines is 1. The third kappa shape index (κ3) is 5.43. The van der Waals surface area contributed by atoms with Gasteiger partial charge in [0.05, 0.1) is 22.5 Å². The lowest BCUT2D eigenvalue weighted by Crippen LogP contribution is -2.20. The first-order chi connectivity index (χ1) is 15.0. The maximum Gasteiger partial charge on any atom is 0.270 e. The molecule has 0 unspecified atom stereocenters. The topological polar surface area (TPSA) is 109 Å². The van der Waals surface area contributed by atoms with Crippen LogP contribution in [0.3, 0.4) is 0 Å². The van der Waals surface area contributed by atoms with Crippen molar-refractivity contribution in [3.63, 3.8) is 0 Å². The van der Waals surface area contributed by atoms with Crippen molar-refractivity contribution >= 4 is 33.2 Å². The second kappa shape index (κ2) is 9.25. The van der Waals surface area contributed by atoms with E-state index < -0.39 is 32.0 Å². The van der Waals surface area contributed by atoms with Crippen LogP contribution in [0.5, 0.6) is 0 Å². The van der Waals surface area contributed by atoms with E-state index in [0.29, 0.717) is 0 Å². The van der Waals surface area contributed by atoms with Gasteiger partial charge in [-0.2, -0.15) is 0 Å². The number of amides is 1. The van der Waals surface area contributed by atoms with Crippen molar-refractivity contribution in [2.24, 2.45) is 0 Å². The van der Waals surface area contributed by atoms with E-state index in [1.54, 1.807) is 18.2 Å². The molecular weight excluding hydrogens is 453 g/mol. The number of halogens is 1. The minimum absolute atomic E-state index is 0.0116. The minimum atomic E-state index is -4.06. The van der Waals surface area contributed by atoms with Crippen LogP contribution in [0.4, 0.5) is 10.1 Å². The number of thioether (sulfide) groups is 1. The number of rotatable bonds is 6. The number of hydrogen-bond donors (Lipinski definition) is 2. The Hall–Kier alpha value is -2.98. The molecule has 10 heteroatoms. The third-order valence-electron chi connectivity index (χ3n) is 4.55. The summed E-state index contributed by atoms with van der Waals surface area (Å²) in [6, 6.07) is 12.1. The molecule has 0 atom stereocenters. The van der Waals surface area contributed by atoms with Gasteiger partial charge in [0.2, 0.25) is 15.7 Å². The highest BCUT2D eigenvalue weighted by Gasteiger charge is 2.23. The minimum Gasteiger partial charge on any atom is -0.323 e. The van der Waals surface area contributed by atoms with Gasteiger partial charge in [-0.3, -0.25) is 9.59 Å². The molecule has 0 saturated carbocycles. The average molecular weight is 476 g/mol. The van der Waals surface area contributed by atoms with Crippen LogP contribution >= 0.6 is 11.8 Å². The Balaban J connectivity index is 1.72. The van der Waals surface area contributed by atoms with E-state index in [4.69, 9.17) is 0 Å². The molecule has 0 bridgehead atoms. The van der Waals surface area contributed by atoms with E-state index in [9.17, 15) is 22.4 Å². The number of benzene rings is 2. The van der Waals surface area contributed by atoms with Crippen LogP contribution in [-0.4, -0.2) is 30.0 Å². The highest BCUT2D eigenvalue weighted by Crippen LogP contribution is 2.25. The second-order valence-electron chi connectivity index (χ2n) is 7.98. The van der Waals surface area contributed by atoms with Gasteiger partial charge in [-0.05, 0) is 35.2 Å². The van der Waals surface area contributed by atoms with Gasteiger partial charge in [-0.25, -0.2) is 17.8 Å². The van der Waals surface area contributed by atoms with Crippen molar-refractivity contribution in [3.05, 3.63) is 76.5 Å². The SMILES string of the molecule is CC(C)(C)c1ccc(S(=O)(=O)c2cnc(SCC(=O)Nc3ccccc3F)[nH]c2=O)cc1. The highest BCUT2D eigenvalue weighted by atomic mass is 32.2. The number of aromatic nitrogens is 2. The average Bonchev–Trinajstić information content (AvgIpc) is 2.73. The number of hydrogen-bond acceptors (Lipinski definition) is 6. The smallest absolute Gasteiger partial charge is 0.270 e. The molecule has 0 radical (unpaired) electrons. The van der Waals surface area contributed by atoms with E-state index in [1.807, 2.05) is 20.8 Å². The predicted octanol–water partition coefficient (Wildman–Crippen LogP) is 3.77. The van der Waals surface area contributed by atoms with Crippen LogP contribution in [-0.2, 0) is 20.0 Å². The summed E-state index contributed by atoms with van der Waals surface area (Å²) in [5.74, 6) is -1.22. The van der Waals surface area contributed by atoms with Gasteiger partial charge in [-0.15, -0.1) is 0 Å². The predicted molar refractivity (Wildman–Crippen MR) is 121 cm³/mol. The number of nitrogens with one attached hydrogen (secondary N) is 2. The van der Waals surface area contributed by atoms with Crippen LogP contribution < -0.4 is 10.9 Å². The molecule has 168 valence electrons. The van der Waals surface area contributed by atoms with Gasteiger partial charge in [0.15, 0.2) is 10.1 Å². The summed E-state index contributed by atoms with van der Waals surface area (Å²) in [7, 11) is -4.06. The fourth-order valence-electron chi connectivity index (χ4n) is 2.78. The summed E-state index contributed by atoms with van der Waals surface area (Å²) in [4.78, 5) is 30.3. The summed E-state index contributed by atoms with van der Waals surface area (Å²) in [5.41, 5.74) is 0.0259. The second-order valence-corrected chi connectivity index (χ2v) is 10.9. The van der Waals surface area contributed by atoms with Crippen molar-refractivity contribution in [1.29, 1.82) is 0 Å². The Labute approximate surface area is 189 Å². The number of para-hydroxylation sites is 1. The quantitative estimate of drug-likeness (QED) is 0.415. The molecule has 1 heterocycles. The molecule has 3 aromatic rings. The zero-order valence-corrected chi connectivity index (χ0v) is 19.3. The first-order valence-corrected chi connectivity index (χ1v) is 12.1. The van der Waals surface area contributed by atoms with Crippen molar-refractivity contribution in [1.82, 2.24) is 9.97 Å². The van der Waals surface area contributed by atoms with Gasteiger partial charge in [0, 0.05) is 0 Å². The normalized spacial score (nSPS) is 11.9. The van der Waals surface area contributed by atoms with Crippen LogP contribution in [0, 0.1) is 5.82 Å². The maximum atomic E-state index is 13.6. The lowest BCUT2D eigenvalue weighted by Gasteiger charge is -2.19. The number of aromatic amines is 1. The highest BCUT2D eigenvalue weighted by molar-refractivity contribution is 7.99.